The maximum absolute atomic E-state index is 2.51. The summed E-state index contributed by atoms with van der Waals surface area (Å²) in [6, 6.07) is 68.8. The third-order valence-electron chi connectivity index (χ3n) is 9.72. The molecular weight excluding hydrogens is 555 g/mol. The van der Waals surface area contributed by atoms with Crippen LogP contribution in [-0.4, -0.2) is 0 Å². The Morgan fingerprint density at radius 3 is 1.37 bits per heavy atom. The van der Waals surface area contributed by atoms with E-state index in [1.165, 1.54) is 60.6 Å². The minimum Gasteiger partial charge on any atom is -0.309 e. The van der Waals surface area contributed by atoms with Crippen molar-refractivity contribution in [1.82, 2.24) is 0 Å². The zero-order chi connectivity index (χ0) is 30.5. The van der Waals surface area contributed by atoms with Gasteiger partial charge in [-0.3, -0.25) is 0 Å². The van der Waals surface area contributed by atoms with Crippen LogP contribution < -0.4 is 4.90 Å². The van der Waals surface area contributed by atoms with Crippen molar-refractivity contribution in [2.75, 3.05) is 4.90 Å². The van der Waals surface area contributed by atoms with Gasteiger partial charge >= 0.3 is 0 Å². The molecule has 1 aliphatic carbocycles. The van der Waals surface area contributed by atoms with Gasteiger partial charge in [-0.1, -0.05) is 170 Å². The van der Waals surface area contributed by atoms with Crippen LogP contribution in [0.1, 0.15) is 22.3 Å². The van der Waals surface area contributed by atoms with Gasteiger partial charge in [-0.15, -0.1) is 0 Å². The van der Waals surface area contributed by atoms with E-state index in [4.69, 9.17) is 0 Å². The molecule has 0 bridgehead atoms. The average molecular weight is 586 g/mol. The van der Waals surface area contributed by atoms with E-state index in [1.54, 1.807) is 0 Å². The number of nitrogens with zero attached hydrogens (tertiary/aromatic N) is 1. The summed E-state index contributed by atoms with van der Waals surface area (Å²) in [7, 11) is 0. The van der Waals surface area contributed by atoms with Crippen LogP contribution >= 0.6 is 0 Å². The normalized spacial score (nSPS) is 13.0. The topological polar surface area (TPSA) is 3.24 Å². The second-order valence-electron chi connectivity index (χ2n) is 12.1. The van der Waals surface area contributed by atoms with Crippen molar-refractivity contribution in [3.63, 3.8) is 0 Å². The van der Waals surface area contributed by atoms with E-state index in [1.807, 2.05) is 0 Å². The molecule has 0 aromatic heterocycles. The van der Waals surface area contributed by atoms with Gasteiger partial charge in [-0.25, -0.2) is 0 Å². The molecule has 0 unspecified atom stereocenters. The molecule has 0 saturated heterocycles. The molecule has 9 rings (SSSR count). The molecule has 0 atom stereocenters. The Kier molecular flexibility index (Phi) is 6.11. The SMILES string of the molecule is c1ccc(C2(c3ccccc3)c3ccccc3-c3c(N(c4cccc5ccccc45)c4cccc5ccccc45)cccc32)cc1. The van der Waals surface area contributed by atoms with Crippen LogP contribution in [0.4, 0.5) is 17.1 Å². The highest BCUT2D eigenvalue weighted by atomic mass is 15.1. The predicted octanol–water partition coefficient (Wildman–Crippen LogP) is 11.8. The molecule has 0 saturated carbocycles. The second-order valence-corrected chi connectivity index (χ2v) is 12.1. The van der Waals surface area contributed by atoms with Crippen molar-refractivity contribution < 1.29 is 0 Å². The highest BCUT2D eigenvalue weighted by Crippen LogP contribution is 2.59. The molecule has 0 aliphatic heterocycles. The zero-order valence-electron chi connectivity index (χ0n) is 25.3. The van der Waals surface area contributed by atoms with Crippen molar-refractivity contribution >= 4 is 38.6 Å². The highest BCUT2D eigenvalue weighted by Gasteiger charge is 2.47. The van der Waals surface area contributed by atoms with Gasteiger partial charge in [0.25, 0.3) is 0 Å². The summed E-state index contributed by atoms with van der Waals surface area (Å²) in [6.07, 6.45) is 0. The van der Waals surface area contributed by atoms with Crippen LogP contribution in [0, 0.1) is 0 Å². The Labute approximate surface area is 269 Å². The van der Waals surface area contributed by atoms with Crippen LogP contribution in [-0.2, 0) is 5.41 Å². The van der Waals surface area contributed by atoms with Gasteiger partial charge in [-0.05, 0) is 56.8 Å². The van der Waals surface area contributed by atoms with E-state index < -0.39 is 5.41 Å². The molecule has 8 aromatic carbocycles. The summed E-state index contributed by atoms with van der Waals surface area (Å²) in [5.41, 5.74) is 10.7. The molecule has 0 fully saturated rings. The number of anilines is 3. The van der Waals surface area contributed by atoms with Crippen molar-refractivity contribution in [2.45, 2.75) is 5.41 Å². The Morgan fingerprint density at radius 1 is 0.326 bits per heavy atom. The van der Waals surface area contributed by atoms with E-state index in [2.05, 4.69) is 193 Å². The monoisotopic (exact) mass is 585 g/mol. The molecule has 216 valence electrons. The Bertz CT molecular complexity index is 2240. The molecule has 0 radical (unpaired) electrons. The zero-order valence-corrected chi connectivity index (χ0v) is 25.3. The van der Waals surface area contributed by atoms with Gasteiger partial charge in [0.15, 0.2) is 0 Å². The van der Waals surface area contributed by atoms with Gasteiger partial charge in [0, 0.05) is 16.3 Å². The summed E-state index contributed by atoms with van der Waals surface area (Å²) in [6.45, 7) is 0. The van der Waals surface area contributed by atoms with Gasteiger partial charge in [0.1, 0.15) is 0 Å². The largest absolute Gasteiger partial charge is 0.309 e. The van der Waals surface area contributed by atoms with Gasteiger partial charge in [-0.2, -0.15) is 0 Å². The number of hydrogen-bond acceptors (Lipinski definition) is 1. The number of fused-ring (bicyclic) bond motifs is 5. The Morgan fingerprint density at radius 2 is 0.761 bits per heavy atom. The third kappa shape index (κ3) is 3.82. The molecule has 0 N–H and O–H groups in total. The van der Waals surface area contributed by atoms with Crippen molar-refractivity contribution in [1.29, 1.82) is 0 Å². The maximum Gasteiger partial charge on any atom is 0.0714 e. The lowest BCUT2D eigenvalue weighted by molar-refractivity contribution is 0.768. The Hall–Kier alpha value is -5.92. The van der Waals surface area contributed by atoms with Crippen molar-refractivity contribution in [3.8, 4) is 11.1 Å². The second kappa shape index (κ2) is 10.6. The van der Waals surface area contributed by atoms with Crippen LogP contribution in [0.25, 0.3) is 32.7 Å². The first-order valence-electron chi connectivity index (χ1n) is 16.0. The van der Waals surface area contributed by atoms with Crippen LogP contribution in [0.5, 0.6) is 0 Å². The molecule has 0 heterocycles. The van der Waals surface area contributed by atoms with E-state index in [0.29, 0.717) is 0 Å². The molecule has 1 nitrogen and oxygen atoms in total. The van der Waals surface area contributed by atoms with Crippen LogP contribution in [0.2, 0.25) is 0 Å². The van der Waals surface area contributed by atoms with Crippen molar-refractivity contribution in [3.05, 3.63) is 210 Å². The summed E-state index contributed by atoms with van der Waals surface area (Å²) in [5.74, 6) is 0. The van der Waals surface area contributed by atoms with Crippen LogP contribution in [0.15, 0.2) is 188 Å². The average Bonchev–Trinajstić information content (AvgIpc) is 3.44. The lowest BCUT2D eigenvalue weighted by Crippen LogP contribution is -2.28. The van der Waals surface area contributed by atoms with E-state index in [0.717, 1.165) is 11.4 Å². The first-order chi connectivity index (χ1) is 22.9. The fourth-order valence-corrected chi connectivity index (χ4v) is 7.86. The summed E-state index contributed by atoms with van der Waals surface area (Å²) in [5, 5.41) is 4.89. The summed E-state index contributed by atoms with van der Waals surface area (Å²) < 4.78 is 0. The highest BCUT2D eigenvalue weighted by molar-refractivity contribution is 6.08. The van der Waals surface area contributed by atoms with E-state index in [-0.39, 0.29) is 0 Å². The van der Waals surface area contributed by atoms with Crippen molar-refractivity contribution in [2.24, 2.45) is 0 Å². The fourth-order valence-electron chi connectivity index (χ4n) is 7.86. The van der Waals surface area contributed by atoms with Gasteiger partial charge in [0.2, 0.25) is 0 Å². The first kappa shape index (κ1) is 26.5. The van der Waals surface area contributed by atoms with E-state index in [9.17, 15) is 0 Å². The number of rotatable bonds is 5. The van der Waals surface area contributed by atoms with Gasteiger partial charge < -0.3 is 4.90 Å². The molecular formula is C45H31N. The minimum absolute atomic E-state index is 0.465. The predicted molar refractivity (Wildman–Crippen MR) is 193 cm³/mol. The minimum atomic E-state index is -0.465. The molecule has 46 heavy (non-hydrogen) atoms. The quantitative estimate of drug-likeness (QED) is 0.194. The lowest BCUT2D eigenvalue weighted by Gasteiger charge is -2.34. The number of benzene rings is 8. The molecule has 0 spiro atoms. The first-order valence-corrected chi connectivity index (χ1v) is 16.0. The number of hydrogen-bond donors (Lipinski definition) is 0. The fraction of sp³-hybridized carbons (Fsp3) is 0.0222. The lowest BCUT2D eigenvalue weighted by atomic mass is 9.68. The smallest absolute Gasteiger partial charge is 0.0714 e. The molecule has 1 aliphatic rings. The summed E-state index contributed by atoms with van der Waals surface area (Å²) >= 11 is 0. The van der Waals surface area contributed by atoms with E-state index >= 15 is 0 Å². The van der Waals surface area contributed by atoms with Gasteiger partial charge in [0.05, 0.1) is 22.5 Å². The third-order valence-corrected chi connectivity index (χ3v) is 9.72. The maximum atomic E-state index is 2.51. The molecule has 0 amide bonds. The molecule has 8 aromatic rings. The standard InChI is InChI=1S/C45H31N/c1-3-20-34(21-4-1)45(35-22-5-2-6-23-35)39-27-12-11-26-38(39)44-40(45)28-15-31-43(44)46(41-29-13-18-32-16-7-9-24-36(32)41)42-30-14-19-33-17-8-10-25-37(33)42/h1-31H. The Balaban J connectivity index is 1.44. The molecule has 1 heteroatoms. The summed E-state index contributed by atoms with van der Waals surface area (Å²) in [4.78, 5) is 2.51. The van der Waals surface area contributed by atoms with Crippen LogP contribution in [0.3, 0.4) is 0 Å².